The number of thiophene rings is 1. The van der Waals surface area contributed by atoms with E-state index in [-0.39, 0.29) is 29.8 Å². The SMILES string of the molecule is CN(C)CCNC(=O)[C@H]1CCCN(Cc2ccc(-c3cc4nccc(Oc5ccc(CC(=O)CC6CC6)cc5F)c4s3)nc2)C1. The number of carbonyl (C=O) groups excluding carboxylic acids is 2. The summed E-state index contributed by atoms with van der Waals surface area (Å²) >= 11 is 1.50. The summed E-state index contributed by atoms with van der Waals surface area (Å²) in [5.41, 5.74) is 3.35. The van der Waals surface area contributed by atoms with Crippen molar-refractivity contribution < 1.29 is 18.7 Å². The molecule has 6 rings (SSSR count). The first kappa shape index (κ1) is 31.3. The van der Waals surface area contributed by atoms with Gasteiger partial charge in [0.2, 0.25) is 5.91 Å². The number of likely N-dealkylation sites (N-methyl/N-ethyl adjacent to an activating group) is 1. The number of piperidine rings is 1. The summed E-state index contributed by atoms with van der Waals surface area (Å²) in [7, 11) is 4.01. The zero-order valence-electron chi connectivity index (χ0n) is 25.9. The normalized spacial score (nSPS) is 17.1. The van der Waals surface area contributed by atoms with Crippen molar-refractivity contribution >= 4 is 33.2 Å². The van der Waals surface area contributed by atoms with E-state index in [9.17, 15) is 14.0 Å². The van der Waals surface area contributed by atoms with Gasteiger partial charge in [-0.05, 0) is 87.6 Å². The number of carbonyl (C=O) groups is 2. The van der Waals surface area contributed by atoms with Gasteiger partial charge in [-0.3, -0.25) is 24.5 Å². The van der Waals surface area contributed by atoms with Crippen LogP contribution < -0.4 is 10.1 Å². The molecule has 8 nitrogen and oxygen atoms in total. The number of benzene rings is 1. The van der Waals surface area contributed by atoms with E-state index in [0.29, 0.717) is 30.2 Å². The second kappa shape index (κ2) is 14.1. The predicted octanol–water partition coefficient (Wildman–Crippen LogP) is 6.09. The fourth-order valence-electron chi connectivity index (χ4n) is 5.80. The number of likely N-dealkylation sites (tertiary alicyclic amines) is 1. The lowest BCUT2D eigenvalue weighted by Gasteiger charge is -2.32. The minimum atomic E-state index is -0.490. The lowest BCUT2D eigenvalue weighted by atomic mass is 9.96. The Balaban J connectivity index is 1.08. The number of halogens is 1. The van der Waals surface area contributed by atoms with Gasteiger partial charge in [0.15, 0.2) is 11.6 Å². The molecule has 0 bridgehead atoms. The molecule has 2 aliphatic rings. The van der Waals surface area contributed by atoms with E-state index in [1.165, 1.54) is 17.4 Å². The molecule has 1 aliphatic carbocycles. The Labute approximate surface area is 267 Å². The minimum absolute atomic E-state index is 0.0168. The highest BCUT2D eigenvalue weighted by Crippen LogP contribution is 2.39. The van der Waals surface area contributed by atoms with Crippen LogP contribution in [0.5, 0.6) is 11.5 Å². The van der Waals surface area contributed by atoms with E-state index >= 15 is 0 Å². The van der Waals surface area contributed by atoms with Crippen molar-refractivity contribution in [3.8, 4) is 22.1 Å². The molecular weight excluding hydrogens is 589 g/mol. The molecule has 1 saturated heterocycles. The first-order chi connectivity index (χ1) is 21.8. The van der Waals surface area contributed by atoms with E-state index in [0.717, 1.165) is 78.2 Å². The van der Waals surface area contributed by atoms with Crippen LogP contribution in [-0.4, -0.2) is 71.7 Å². The van der Waals surface area contributed by atoms with Gasteiger partial charge in [-0.2, -0.15) is 0 Å². The van der Waals surface area contributed by atoms with Gasteiger partial charge in [0.05, 0.1) is 26.7 Å². The summed E-state index contributed by atoms with van der Waals surface area (Å²) in [6, 6.07) is 12.6. The molecule has 45 heavy (non-hydrogen) atoms. The quantitative estimate of drug-likeness (QED) is 0.192. The number of pyridine rings is 2. The molecule has 1 aromatic carbocycles. The summed E-state index contributed by atoms with van der Waals surface area (Å²) in [6.07, 6.45) is 8.57. The van der Waals surface area contributed by atoms with Gasteiger partial charge >= 0.3 is 0 Å². The molecule has 10 heteroatoms. The maximum absolute atomic E-state index is 15.0. The standard InChI is InChI=1S/C35H40FN5O3S/c1-40(2)15-13-38-35(43)26-4-3-14-41(22-26)21-25-7-9-29(39-20-25)33-19-30-34(45-33)32(11-12-37-30)44-31-10-8-24(18-28(31)36)17-27(42)16-23-5-6-23/h7-12,18-20,23,26H,3-6,13-17,21-22H2,1-2H3,(H,38,43)/t26-/m0/s1. The maximum atomic E-state index is 15.0. The van der Waals surface area contributed by atoms with Gasteiger partial charge in [-0.1, -0.05) is 12.1 Å². The zero-order chi connectivity index (χ0) is 31.3. The Bertz CT molecular complexity index is 1650. The van der Waals surface area contributed by atoms with Gasteiger partial charge in [0.1, 0.15) is 11.5 Å². The van der Waals surface area contributed by atoms with E-state index in [1.54, 1.807) is 24.4 Å². The number of nitrogens with zero attached hydrogens (tertiary/aromatic N) is 4. The largest absolute Gasteiger partial charge is 0.453 e. The first-order valence-electron chi connectivity index (χ1n) is 15.8. The van der Waals surface area contributed by atoms with Gasteiger partial charge < -0.3 is 15.0 Å². The summed E-state index contributed by atoms with van der Waals surface area (Å²) in [4.78, 5) is 39.5. The molecule has 1 saturated carbocycles. The molecule has 0 unspecified atom stereocenters. The topological polar surface area (TPSA) is 87.7 Å². The van der Waals surface area contributed by atoms with Crippen LogP contribution in [0.1, 0.15) is 43.2 Å². The Hall–Kier alpha value is -3.73. The molecule has 236 valence electrons. The number of amides is 1. The maximum Gasteiger partial charge on any atom is 0.224 e. The van der Waals surface area contributed by atoms with E-state index in [4.69, 9.17) is 9.72 Å². The molecule has 1 amide bonds. The third-order valence-corrected chi connectivity index (χ3v) is 9.59. The fraction of sp³-hybridized carbons (Fsp3) is 0.429. The molecule has 4 heterocycles. The second-order valence-electron chi connectivity index (χ2n) is 12.6. The number of nitrogens with one attached hydrogen (secondary N) is 1. The number of aromatic nitrogens is 2. The van der Waals surface area contributed by atoms with E-state index in [1.807, 2.05) is 32.4 Å². The average Bonchev–Trinajstić information content (AvgIpc) is 3.72. The molecule has 3 aromatic heterocycles. The molecule has 1 aliphatic heterocycles. The van der Waals surface area contributed by atoms with Crippen LogP contribution >= 0.6 is 11.3 Å². The van der Waals surface area contributed by atoms with Crippen LogP contribution in [0, 0.1) is 17.7 Å². The van der Waals surface area contributed by atoms with Crippen LogP contribution in [0.15, 0.2) is 54.9 Å². The average molecular weight is 630 g/mol. The van der Waals surface area contributed by atoms with Crippen LogP contribution in [-0.2, 0) is 22.6 Å². The van der Waals surface area contributed by atoms with Crippen LogP contribution in [0.3, 0.4) is 0 Å². The Kier molecular flexibility index (Phi) is 9.82. The molecule has 2 fully saturated rings. The highest BCUT2D eigenvalue weighted by atomic mass is 32.1. The van der Waals surface area contributed by atoms with Crippen LogP contribution in [0.25, 0.3) is 20.8 Å². The fourth-order valence-corrected chi connectivity index (χ4v) is 6.85. The van der Waals surface area contributed by atoms with Gasteiger partial charge in [0.25, 0.3) is 0 Å². The van der Waals surface area contributed by atoms with E-state index < -0.39 is 5.82 Å². The van der Waals surface area contributed by atoms with Crippen molar-refractivity contribution in [2.75, 3.05) is 40.3 Å². The van der Waals surface area contributed by atoms with Gasteiger partial charge in [-0.25, -0.2) is 4.39 Å². The Morgan fingerprint density at radius 2 is 1.91 bits per heavy atom. The molecule has 1 N–H and O–H groups in total. The third-order valence-electron chi connectivity index (χ3n) is 8.42. The third kappa shape index (κ3) is 8.31. The van der Waals surface area contributed by atoms with Gasteiger partial charge in [-0.15, -0.1) is 11.3 Å². The number of ether oxygens (including phenoxy) is 1. The lowest BCUT2D eigenvalue weighted by Crippen LogP contribution is -2.44. The summed E-state index contributed by atoms with van der Waals surface area (Å²) in [5.74, 6) is 0.990. The van der Waals surface area contributed by atoms with Crippen molar-refractivity contribution in [3.63, 3.8) is 0 Å². The van der Waals surface area contributed by atoms with Gasteiger partial charge in [0, 0.05) is 57.5 Å². The number of ketones is 1. The predicted molar refractivity (Wildman–Crippen MR) is 175 cm³/mol. The number of Topliss-reactive ketones (excluding diaryl/α,β-unsaturated/α-hetero) is 1. The summed E-state index contributed by atoms with van der Waals surface area (Å²) in [5, 5.41) is 3.08. The monoisotopic (exact) mass is 629 g/mol. The van der Waals surface area contributed by atoms with Crippen LogP contribution in [0.2, 0.25) is 0 Å². The summed E-state index contributed by atoms with van der Waals surface area (Å²) < 4.78 is 21.8. The summed E-state index contributed by atoms with van der Waals surface area (Å²) in [6.45, 7) is 3.97. The first-order valence-corrected chi connectivity index (χ1v) is 16.6. The number of hydrogen-bond donors (Lipinski definition) is 1. The zero-order valence-corrected chi connectivity index (χ0v) is 26.7. The minimum Gasteiger partial charge on any atom is -0.453 e. The van der Waals surface area contributed by atoms with Crippen molar-refractivity contribution in [2.45, 2.75) is 45.1 Å². The number of fused-ring (bicyclic) bond motifs is 1. The second-order valence-corrected chi connectivity index (χ2v) is 13.6. The van der Waals surface area contributed by atoms with E-state index in [2.05, 4.69) is 26.2 Å². The Morgan fingerprint density at radius 1 is 1.07 bits per heavy atom. The highest BCUT2D eigenvalue weighted by Gasteiger charge is 2.26. The molecular formula is C35H40FN5O3S. The molecule has 0 spiro atoms. The van der Waals surface area contributed by atoms with Crippen molar-refractivity contribution in [1.29, 1.82) is 0 Å². The number of rotatable bonds is 13. The van der Waals surface area contributed by atoms with Crippen molar-refractivity contribution in [2.24, 2.45) is 11.8 Å². The van der Waals surface area contributed by atoms with Crippen molar-refractivity contribution in [3.05, 3.63) is 71.8 Å². The lowest BCUT2D eigenvalue weighted by molar-refractivity contribution is -0.126. The number of hydrogen-bond acceptors (Lipinski definition) is 8. The van der Waals surface area contributed by atoms with Crippen molar-refractivity contribution in [1.82, 2.24) is 25.1 Å². The molecule has 1 atom stereocenters. The van der Waals surface area contributed by atoms with Crippen LogP contribution in [0.4, 0.5) is 4.39 Å². The highest BCUT2D eigenvalue weighted by molar-refractivity contribution is 7.22. The Morgan fingerprint density at radius 3 is 2.67 bits per heavy atom. The molecule has 0 radical (unpaired) electrons. The molecule has 4 aromatic rings. The smallest absolute Gasteiger partial charge is 0.224 e.